The van der Waals surface area contributed by atoms with Gasteiger partial charge in [-0.1, -0.05) is 96.5 Å². The molecule has 0 bridgehead atoms. The highest BCUT2D eigenvalue weighted by molar-refractivity contribution is 5.91. The molecular formula is C29H47N5O2. The van der Waals surface area contributed by atoms with Gasteiger partial charge in [-0.2, -0.15) is 0 Å². The average molecular weight is 498 g/mol. The van der Waals surface area contributed by atoms with Crippen molar-refractivity contribution in [2.45, 2.75) is 104 Å². The molecule has 0 unspecified atom stereocenters. The van der Waals surface area contributed by atoms with Crippen LogP contribution in [0.2, 0.25) is 0 Å². The quantitative estimate of drug-likeness (QED) is 0.126. The number of nitrogens with two attached hydrogens (primary N) is 1. The number of unbranched alkanes of at least 4 members (excludes halogenated alkanes) is 13. The maximum atomic E-state index is 12.0. The molecule has 0 fully saturated rings. The number of esters is 1. The largest absolute Gasteiger partial charge is 0.462 e. The lowest BCUT2D eigenvalue weighted by Crippen LogP contribution is -2.09. The van der Waals surface area contributed by atoms with Gasteiger partial charge in [-0.25, -0.2) is 14.8 Å². The molecule has 1 heterocycles. The van der Waals surface area contributed by atoms with Crippen LogP contribution in [-0.4, -0.2) is 29.1 Å². The number of aromatic nitrogens is 2. The van der Waals surface area contributed by atoms with E-state index in [1.165, 1.54) is 89.8 Å². The molecule has 2 aromatic rings. The van der Waals surface area contributed by atoms with E-state index in [1.807, 2.05) is 6.07 Å². The Morgan fingerprint density at radius 3 is 2.03 bits per heavy atom. The Morgan fingerprint density at radius 1 is 0.833 bits per heavy atom. The van der Waals surface area contributed by atoms with Crippen LogP contribution < -0.4 is 16.4 Å². The number of rotatable bonds is 20. The number of nitrogens with zero attached hydrogens (tertiary/aromatic N) is 2. The van der Waals surface area contributed by atoms with E-state index in [0.717, 1.165) is 13.0 Å². The number of hydrogen-bond donors (Lipinski definition) is 3. The molecule has 0 aliphatic rings. The summed E-state index contributed by atoms with van der Waals surface area (Å²) < 4.78 is 5.07. The van der Waals surface area contributed by atoms with Crippen LogP contribution in [-0.2, 0) is 4.74 Å². The van der Waals surface area contributed by atoms with Gasteiger partial charge in [-0.3, -0.25) is 0 Å². The number of benzene rings is 1. The van der Waals surface area contributed by atoms with Gasteiger partial charge in [0.05, 0.1) is 12.2 Å². The summed E-state index contributed by atoms with van der Waals surface area (Å²) in [6, 6.07) is 7.09. The van der Waals surface area contributed by atoms with E-state index in [9.17, 15) is 4.79 Å². The molecule has 36 heavy (non-hydrogen) atoms. The van der Waals surface area contributed by atoms with Gasteiger partial charge < -0.3 is 21.1 Å². The van der Waals surface area contributed by atoms with Crippen molar-refractivity contribution in [3.63, 3.8) is 0 Å². The molecule has 0 atom stereocenters. The van der Waals surface area contributed by atoms with E-state index in [0.29, 0.717) is 35.2 Å². The van der Waals surface area contributed by atoms with Gasteiger partial charge in [0.1, 0.15) is 12.0 Å². The predicted molar refractivity (Wildman–Crippen MR) is 151 cm³/mol. The summed E-state index contributed by atoms with van der Waals surface area (Å²) in [6.45, 7) is 5.23. The molecule has 4 N–H and O–H groups in total. The minimum atomic E-state index is -0.354. The number of nitrogens with one attached hydrogen (secondary N) is 2. The molecule has 0 saturated heterocycles. The fraction of sp³-hybridized carbons (Fsp3) is 0.621. The van der Waals surface area contributed by atoms with Crippen LogP contribution in [0.1, 0.15) is 114 Å². The number of carbonyl (C=O) groups is 1. The second kappa shape index (κ2) is 18.4. The highest BCUT2D eigenvalue weighted by Crippen LogP contribution is 2.26. The third-order valence-electron chi connectivity index (χ3n) is 6.34. The standard InChI is InChI=1S/C29H47N5O2/c1-3-5-6-7-8-9-10-11-12-13-14-15-16-17-21-31-27-26(30)28(33-23-32-27)34-25-20-18-19-24(22-25)29(35)36-4-2/h18-20,22-23H,3-17,21,30H2,1-2H3,(H2,31,32,33,34). The number of nitrogen functional groups attached to an aromatic ring is 1. The predicted octanol–water partition coefficient (Wildman–Crippen LogP) is 7.87. The molecule has 0 aliphatic heterocycles. The molecule has 0 amide bonds. The first-order chi connectivity index (χ1) is 17.7. The third-order valence-corrected chi connectivity index (χ3v) is 6.34. The second-order valence-corrected chi connectivity index (χ2v) is 9.43. The molecule has 1 aromatic heterocycles. The zero-order chi connectivity index (χ0) is 25.8. The topological polar surface area (TPSA) is 102 Å². The zero-order valence-electron chi connectivity index (χ0n) is 22.5. The zero-order valence-corrected chi connectivity index (χ0v) is 22.5. The Labute approximate surface area is 218 Å². The van der Waals surface area contributed by atoms with Gasteiger partial charge in [0.15, 0.2) is 11.6 Å². The summed E-state index contributed by atoms with van der Waals surface area (Å²) >= 11 is 0. The highest BCUT2D eigenvalue weighted by atomic mass is 16.5. The van der Waals surface area contributed by atoms with Crippen LogP contribution in [0.25, 0.3) is 0 Å². The van der Waals surface area contributed by atoms with Gasteiger partial charge in [-0.15, -0.1) is 0 Å². The Hall–Kier alpha value is -2.83. The third kappa shape index (κ3) is 11.7. The Bertz CT molecular complexity index is 874. The summed E-state index contributed by atoms with van der Waals surface area (Å²) in [5.74, 6) is 0.783. The van der Waals surface area contributed by atoms with Crippen molar-refractivity contribution in [1.82, 2.24) is 9.97 Å². The minimum absolute atomic E-state index is 0.337. The van der Waals surface area contributed by atoms with Crippen molar-refractivity contribution in [3.8, 4) is 0 Å². The SMILES string of the molecule is CCCCCCCCCCCCCCCCNc1ncnc(Nc2cccc(C(=O)OCC)c2)c1N. The number of ether oxygens (including phenoxy) is 1. The molecule has 0 aliphatic carbocycles. The fourth-order valence-electron chi connectivity index (χ4n) is 4.24. The van der Waals surface area contributed by atoms with Gasteiger partial charge >= 0.3 is 5.97 Å². The second-order valence-electron chi connectivity index (χ2n) is 9.43. The average Bonchev–Trinajstić information content (AvgIpc) is 2.88. The Morgan fingerprint density at radius 2 is 1.42 bits per heavy atom. The lowest BCUT2D eigenvalue weighted by atomic mass is 10.0. The first-order valence-electron chi connectivity index (χ1n) is 14.0. The van der Waals surface area contributed by atoms with Crippen LogP contribution in [0.4, 0.5) is 23.0 Å². The van der Waals surface area contributed by atoms with Crippen LogP contribution in [0.5, 0.6) is 0 Å². The lowest BCUT2D eigenvalue weighted by Gasteiger charge is -2.13. The summed E-state index contributed by atoms with van der Waals surface area (Å²) in [6.07, 6.45) is 20.3. The molecule has 1 aromatic carbocycles. The van der Waals surface area contributed by atoms with E-state index in [-0.39, 0.29) is 5.97 Å². The van der Waals surface area contributed by atoms with E-state index in [2.05, 4.69) is 27.5 Å². The maximum Gasteiger partial charge on any atom is 0.338 e. The van der Waals surface area contributed by atoms with Crippen molar-refractivity contribution >= 4 is 29.0 Å². The molecule has 7 nitrogen and oxygen atoms in total. The Balaban J connectivity index is 1.60. The van der Waals surface area contributed by atoms with Crippen molar-refractivity contribution in [1.29, 1.82) is 0 Å². The van der Waals surface area contributed by atoms with Gasteiger partial charge in [0, 0.05) is 12.2 Å². The van der Waals surface area contributed by atoms with Crippen LogP contribution >= 0.6 is 0 Å². The van der Waals surface area contributed by atoms with E-state index in [4.69, 9.17) is 10.5 Å². The molecule has 200 valence electrons. The van der Waals surface area contributed by atoms with Gasteiger partial charge in [0.2, 0.25) is 0 Å². The molecule has 0 spiro atoms. The van der Waals surface area contributed by atoms with Crippen LogP contribution in [0, 0.1) is 0 Å². The Kier molecular flexibility index (Phi) is 15.1. The minimum Gasteiger partial charge on any atom is -0.462 e. The van der Waals surface area contributed by atoms with E-state index >= 15 is 0 Å². The first kappa shape index (κ1) is 29.4. The van der Waals surface area contributed by atoms with Gasteiger partial charge in [0.25, 0.3) is 0 Å². The summed E-state index contributed by atoms with van der Waals surface area (Å²) in [5, 5.41) is 6.52. The van der Waals surface area contributed by atoms with E-state index in [1.54, 1.807) is 25.1 Å². The van der Waals surface area contributed by atoms with Crippen molar-refractivity contribution < 1.29 is 9.53 Å². The number of anilines is 4. The molecule has 7 heteroatoms. The molecule has 0 saturated carbocycles. The smallest absolute Gasteiger partial charge is 0.338 e. The van der Waals surface area contributed by atoms with Crippen LogP contribution in [0.3, 0.4) is 0 Å². The molecule has 0 radical (unpaired) electrons. The molecule has 2 rings (SSSR count). The van der Waals surface area contributed by atoms with Crippen molar-refractivity contribution in [3.05, 3.63) is 36.2 Å². The summed E-state index contributed by atoms with van der Waals surface area (Å²) in [7, 11) is 0. The number of hydrogen-bond acceptors (Lipinski definition) is 7. The van der Waals surface area contributed by atoms with Crippen molar-refractivity contribution in [2.75, 3.05) is 29.5 Å². The summed E-state index contributed by atoms with van der Waals surface area (Å²) in [5.41, 5.74) is 7.95. The lowest BCUT2D eigenvalue weighted by molar-refractivity contribution is 0.0526. The van der Waals surface area contributed by atoms with Crippen LogP contribution in [0.15, 0.2) is 30.6 Å². The molecular weight excluding hydrogens is 450 g/mol. The first-order valence-corrected chi connectivity index (χ1v) is 14.0. The van der Waals surface area contributed by atoms with Gasteiger partial charge in [-0.05, 0) is 31.5 Å². The number of carbonyl (C=O) groups excluding carboxylic acids is 1. The van der Waals surface area contributed by atoms with E-state index < -0.39 is 0 Å². The maximum absolute atomic E-state index is 12.0. The highest BCUT2D eigenvalue weighted by Gasteiger charge is 2.10. The summed E-state index contributed by atoms with van der Waals surface area (Å²) in [4.78, 5) is 20.5. The fourth-order valence-corrected chi connectivity index (χ4v) is 4.24. The van der Waals surface area contributed by atoms with Crippen molar-refractivity contribution in [2.24, 2.45) is 0 Å². The monoisotopic (exact) mass is 497 g/mol. The normalized spacial score (nSPS) is 10.8.